The first kappa shape index (κ1) is 16.8. The number of aromatic nitrogens is 2. The summed E-state index contributed by atoms with van der Waals surface area (Å²) in [5, 5.41) is 3.19. The van der Waals surface area contributed by atoms with Crippen LogP contribution in [-0.2, 0) is 6.54 Å². The van der Waals surface area contributed by atoms with Crippen molar-refractivity contribution >= 4 is 11.7 Å². The number of nitrogens with two attached hydrogens (primary N) is 1. The number of nitrogen functional groups attached to an aromatic ring is 1. The van der Waals surface area contributed by atoms with E-state index in [1.54, 1.807) is 12.3 Å². The molecule has 3 atom stereocenters. The molecule has 1 saturated heterocycles. The number of amides is 1. The van der Waals surface area contributed by atoms with Gasteiger partial charge in [-0.2, -0.15) is 0 Å². The number of piperidine rings is 1. The van der Waals surface area contributed by atoms with Gasteiger partial charge in [-0.05, 0) is 36.8 Å². The summed E-state index contributed by atoms with van der Waals surface area (Å²) in [5.74, 6) is 1.36. The van der Waals surface area contributed by atoms with Gasteiger partial charge in [0.2, 0.25) is 5.56 Å². The molecule has 1 aliphatic carbocycles. The van der Waals surface area contributed by atoms with Gasteiger partial charge in [-0.1, -0.05) is 6.07 Å². The maximum absolute atomic E-state index is 12.5. The monoisotopic (exact) mass is 353 g/mol. The van der Waals surface area contributed by atoms with Crippen molar-refractivity contribution in [2.45, 2.75) is 25.4 Å². The van der Waals surface area contributed by atoms with E-state index in [-0.39, 0.29) is 17.5 Å². The molecular weight excluding hydrogens is 330 g/mol. The third-order valence-corrected chi connectivity index (χ3v) is 5.57. The average Bonchev–Trinajstić information content (AvgIpc) is 2.87. The Kier molecular flexibility index (Phi) is 4.46. The van der Waals surface area contributed by atoms with Crippen molar-refractivity contribution in [3.63, 3.8) is 0 Å². The van der Waals surface area contributed by atoms with Crippen LogP contribution in [0.15, 0.2) is 41.5 Å². The highest BCUT2D eigenvalue weighted by Gasteiger charge is 2.42. The molecule has 1 aliphatic heterocycles. The Morgan fingerprint density at radius 1 is 1.27 bits per heavy atom. The summed E-state index contributed by atoms with van der Waals surface area (Å²) < 4.78 is 0. The largest absolute Gasteiger partial charge is 0.383 e. The molecule has 0 spiro atoms. The van der Waals surface area contributed by atoms with Gasteiger partial charge in [-0.25, -0.2) is 4.98 Å². The lowest BCUT2D eigenvalue weighted by atomic mass is 9.91. The molecule has 2 aromatic heterocycles. The number of hydrogen-bond donors (Lipinski definition) is 3. The van der Waals surface area contributed by atoms with Crippen LogP contribution >= 0.6 is 0 Å². The van der Waals surface area contributed by atoms with Gasteiger partial charge < -0.3 is 16.0 Å². The molecule has 1 amide bonds. The molecule has 2 aromatic rings. The molecule has 2 aliphatic rings. The molecule has 7 heteroatoms. The predicted octanol–water partition coefficient (Wildman–Crippen LogP) is 0.992. The molecule has 7 nitrogen and oxygen atoms in total. The molecule has 2 bridgehead atoms. The number of carbonyl (C=O) groups is 1. The quantitative estimate of drug-likeness (QED) is 0.760. The molecule has 26 heavy (non-hydrogen) atoms. The van der Waals surface area contributed by atoms with E-state index in [0.29, 0.717) is 23.2 Å². The summed E-state index contributed by atoms with van der Waals surface area (Å²) in [7, 11) is 0. The molecule has 1 saturated carbocycles. The average molecular weight is 353 g/mol. The van der Waals surface area contributed by atoms with Crippen LogP contribution in [0.3, 0.4) is 0 Å². The van der Waals surface area contributed by atoms with E-state index in [2.05, 4.69) is 20.2 Å². The van der Waals surface area contributed by atoms with Gasteiger partial charge in [0.1, 0.15) is 5.82 Å². The Morgan fingerprint density at radius 2 is 2.04 bits per heavy atom. The predicted molar refractivity (Wildman–Crippen MR) is 98.5 cm³/mol. The number of carbonyl (C=O) groups excluding carboxylic acids is 1. The van der Waals surface area contributed by atoms with Crippen molar-refractivity contribution in [3.8, 4) is 0 Å². The Hall–Kier alpha value is -2.67. The first-order chi connectivity index (χ1) is 12.6. The van der Waals surface area contributed by atoms with Crippen molar-refractivity contribution in [1.82, 2.24) is 20.2 Å². The van der Waals surface area contributed by atoms with Crippen molar-refractivity contribution < 1.29 is 4.79 Å². The van der Waals surface area contributed by atoms with E-state index in [1.807, 2.05) is 12.1 Å². The van der Waals surface area contributed by atoms with Crippen LogP contribution in [0.4, 0.5) is 5.82 Å². The molecule has 4 N–H and O–H groups in total. The molecule has 0 radical (unpaired) electrons. The Labute approximate surface area is 151 Å². The fraction of sp³-hybridized carbons (Fsp3) is 0.421. The summed E-state index contributed by atoms with van der Waals surface area (Å²) in [6, 6.07) is 7.07. The van der Waals surface area contributed by atoms with Gasteiger partial charge in [-0.15, -0.1) is 0 Å². The number of H-pyrrole nitrogens is 1. The zero-order chi connectivity index (χ0) is 18.1. The highest BCUT2D eigenvalue weighted by Crippen LogP contribution is 2.37. The number of rotatable bonds is 4. The number of nitrogens with zero attached hydrogens (tertiary/aromatic N) is 2. The van der Waals surface area contributed by atoms with Crippen molar-refractivity contribution in [2.75, 3.05) is 18.8 Å². The first-order valence-corrected chi connectivity index (χ1v) is 9.01. The van der Waals surface area contributed by atoms with Crippen LogP contribution in [0.2, 0.25) is 0 Å². The van der Waals surface area contributed by atoms with E-state index < -0.39 is 0 Å². The topological polar surface area (TPSA) is 104 Å². The van der Waals surface area contributed by atoms with E-state index >= 15 is 0 Å². The smallest absolute Gasteiger partial charge is 0.252 e. The van der Waals surface area contributed by atoms with Crippen LogP contribution in [0.1, 0.15) is 28.8 Å². The van der Waals surface area contributed by atoms with E-state index in [4.69, 9.17) is 5.73 Å². The van der Waals surface area contributed by atoms with E-state index in [1.165, 1.54) is 12.3 Å². The maximum Gasteiger partial charge on any atom is 0.252 e. The van der Waals surface area contributed by atoms with E-state index in [0.717, 1.165) is 38.0 Å². The molecular formula is C19H23N5O2. The van der Waals surface area contributed by atoms with Gasteiger partial charge in [0, 0.05) is 49.7 Å². The summed E-state index contributed by atoms with van der Waals surface area (Å²) >= 11 is 0. The molecule has 4 rings (SSSR count). The van der Waals surface area contributed by atoms with Crippen LogP contribution in [0.25, 0.3) is 0 Å². The summed E-state index contributed by atoms with van der Waals surface area (Å²) in [4.78, 5) is 32.8. The molecule has 0 aromatic carbocycles. The standard InChI is InChI=1S/C19H23N5O2/c20-18-15(2-1-7-21-18)11-24-9-13-3-4-14(10-24)17(13)23-19(26)12-5-6-16(25)22-8-12/h1-2,5-8,13-14,17H,3-4,9-11H2,(H2,20,21)(H,22,25)(H,23,26)/t13-,14+,17?. The third kappa shape index (κ3) is 3.35. The minimum atomic E-state index is -0.204. The van der Waals surface area contributed by atoms with Gasteiger partial charge >= 0.3 is 0 Å². The van der Waals surface area contributed by atoms with Gasteiger partial charge in [0.25, 0.3) is 5.91 Å². The highest BCUT2D eigenvalue weighted by atomic mass is 16.2. The van der Waals surface area contributed by atoms with Crippen molar-refractivity contribution in [2.24, 2.45) is 11.8 Å². The molecule has 136 valence electrons. The van der Waals surface area contributed by atoms with Crippen molar-refractivity contribution in [1.29, 1.82) is 0 Å². The lowest BCUT2D eigenvalue weighted by Crippen LogP contribution is -2.52. The highest BCUT2D eigenvalue weighted by molar-refractivity contribution is 5.94. The summed E-state index contributed by atoms with van der Waals surface area (Å²) in [6.07, 6.45) is 5.43. The van der Waals surface area contributed by atoms with Crippen LogP contribution in [0.5, 0.6) is 0 Å². The normalized spacial score (nSPS) is 25.2. The second-order valence-corrected chi connectivity index (χ2v) is 7.28. The molecule has 3 heterocycles. The number of pyridine rings is 2. The number of fused-ring (bicyclic) bond motifs is 2. The van der Waals surface area contributed by atoms with Gasteiger partial charge in [-0.3, -0.25) is 14.5 Å². The third-order valence-electron chi connectivity index (χ3n) is 5.57. The Morgan fingerprint density at radius 3 is 2.69 bits per heavy atom. The van der Waals surface area contributed by atoms with Gasteiger partial charge in [0.05, 0.1) is 5.56 Å². The zero-order valence-corrected chi connectivity index (χ0v) is 14.5. The van der Waals surface area contributed by atoms with Crippen LogP contribution in [0, 0.1) is 11.8 Å². The Balaban J connectivity index is 1.41. The SMILES string of the molecule is Nc1ncccc1CN1C[C@H]2CC[C@@H](C1)C2NC(=O)c1ccc(=O)[nH]c1. The van der Waals surface area contributed by atoms with Crippen LogP contribution in [-0.4, -0.2) is 39.9 Å². The second-order valence-electron chi connectivity index (χ2n) is 7.28. The minimum Gasteiger partial charge on any atom is -0.383 e. The summed E-state index contributed by atoms with van der Waals surface area (Å²) in [6.45, 7) is 2.69. The Bertz CT molecular complexity index is 831. The second kappa shape index (κ2) is 6.92. The maximum atomic E-state index is 12.5. The molecule has 2 fully saturated rings. The zero-order valence-electron chi connectivity index (χ0n) is 14.5. The number of likely N-dealkylation sites (tertiary alicyclic amines) is 1. The number of hydrogen-bond acceptors (Lipinski definition) is 5. The van der Waals surface area contributed by atoms with Crippen molar-refractivity contribution in [3.05, 3.63) is 58.1 Å². The number of anilines is 1. The van der Waals surface area contributed by atoms with Gasteiger partial charge in [0.15, 0.2) is 0 Å². The lowest BCUT2D eigenvalue weighted by molar-refractivity contribution is 0.0824. The van der Waals surface area contributed by atoms with E-state index in [9.17, 15) is 9.59 Å². The molecule has 1 unspecified atom stereocenters. The number of aromatic amines is 1. The minimum absolute atomic E-state index is 0.117. The fourth-order valence-electron chi connectivity index (χ4n) is 4.30. The lowest BCUT2D eigenvalue weighted by Gasteiger charge is -2.38. The first-order valence-electron chi connectivity index (χ1n) is 9.01. The fourth-order valence-corrected chi connectivity index (χ4v) is 4.30. The van der Waals surface area contributed by atoms with Crippen LogP contribution < -0.4 is 16.6 Å². The number of nitrogens with one attached hydrogen (secondary N) is 2. The summed E-state index contributed by atoms with van der Waals surface area (Å²) in [5.41, 5.74) is 7.32.